The van der Waals surface area contributed by atoms with Crippen LogP contribution in [-0.2, 0) is 0 Å². The Balaban J connectivity index is 2.33. The molecular weight excluding hydrogens is 293 g/mol. The third kappa shape index (κ3) is 3.20. The van der Waals surface area contributed by atoms with Crippen LogP contribution < -0.4 is 10.1 Å². The van der Waals surface area contributed by atoms with Gasteiger partial charge in [0.05, 0.1) is 28.9 Å². The monoisotopic (exact) mass is 309 g/mol. The molecule has 2 aromatic carbocycles. The summed E-state index contributed by atoms with van der Waals surface area (Å²) in [6, 6.07) is 11.6. The Bertz CT molecular complexity index is 593. The van der Waals surface area contributed by atoms with Gasteiger partial charge in [0.15, 0.2) is 0 Å². The smallest absolute Gasteiger partial charge is 0.124 e. The largest absolute Gasteiger partial charge is 0.496 e. The van der Waals surface area contributed by atoms with E-state index in [4.69, 9.17) is 27.9 Å². The van der Waals surface area contributed by atoms with Crippen molar-refractivity contribution in [1.82, 2.24) is 0 Å². The molecule has 2 aromatic rings. The third-order valence-corrected chi connectivity index (χ3v) is 3.81. The van der Waals surface area contributed by atoms with Crippen LogP contribution in [0.2, 0.25) is 10.0 Å². The molecule has 0 aliphatic rings. The van der Waals surface area contributed by atoms with Crippen LogP contribution in [0.5, 0.6) is 5.75 Å². The maximum atomic E-state index is 6.19. The fraction of sp³-hybridized carbons (Fsp3) is 0.250. The number of rotatable bonds is 4. The standard InChI is InChI=1S/C16H17Cl2NO/c1-10-7-8-15(20-3)12(9-10)11(2)19-16-13(17)5-4-6-14(16)18/h4-9,11,19H,1-3H3. The molecule has 2 nitrogen and oxygen atoms in total. The first-order valence-electron chi connectivity index (χ1n) is 6.38. The molecule has 0 aromatic heterocycles. The second-order valence-electron chi connectivity index (χ2n) is 4.71. The number of nitrogens with one attached hydrogen (secondary N) is 1. The molecule has 0 amide bonds. The number of anilines is 1. The third-order valence-electron chi connectivity index (χ3n) is 3.18. The van der Waals surface area contributed by atoms with Gasteiger partial charge < -0.3 is 10.1 Å². The van der Waals surface area contributed by atoms with Gasteiger partial charge >= 0.3 is 0 Å². The Labute approximate surface area is 129 Å². The molecule has 0 fully saturated rings. The lowest BCUT2D eigenvalue weighted by Gasteiger charge is -2.20. The van der Waals surface area contributed by atoms with E-state index in [0.29, 0.717) is 10.0 Å². The summed E-state index contributed by atoms with van der Waals surface area (Å²) in [5.41, 5.74) is 3.00. The second kappa shape index (κ2) is 6.38. The SMILES string of the molecule is COc1ccc(C)cc1C(C)Nc1c(Cl)cccc1Cl. The lowest BCUT2D eigenvalue weighted by molar-refractivity contribution is 0.408. The van der Waals surface area contributed by atoms with E-state index in [-0.39, 0.29) is 6.04 Å². The van der Waals surface area contributed by atoms with Crippen LogP contribution in [0.1, 0.15) is 24.1 Å². The van der Waals surface area contributed by atoms with Crippen LogP contribution in [0, 0.1) is 6.92 Å². The van der Waals surface area contributed by atoms with E-state index in [1.165, 1.54) is 5.56 Å². The van der Waals surface area contributed by atoms with E-state index in [1.54, 1.807) is 7.11 Å². The molecular formula is C16H17Cl2NO. The van der Waals surface area contributed by atoms with Crippen molar-refractivity contribution in [2.24, 2.45) is 0 Å². The van der Waals surface area contributed by atoms with E-state index < -0.39 is 0 Å². The van der Waals surface area contributed by atoms with Crippen molar-refractivity contribution in [3.63, 3.8) is 0 Å². The van der Waals surface area contributed by atoms with Crippen molar-refractivity contribution >= 4 is 28.9 Å². The van der Waals surface area contributed by atoms with Gasteiger partial charge in [0.2, 0.25) is 0 Å². The summed E-state index contributed by atoms with van der Waals surface area (Å²) in [5, 5.41) is 4.57. The zero-order chi connectivity index (χ0) is 14.7. The predicted molar refractivity (Wildman–Crippen MR) is 86.2 cm³/mol. The number of benzene rings is 2. The summed E-state index contributed by atoms with van der Waals surface area (Å²) in [6.07, 6.45) is 0. The highest BCUT2D eigenvalue weighted by Gasteiger charge is 2.14. The van der Waals surface area contributed by atoms with E-state index in [2.05, 4.69) is 25.2 Å². The molecule has 0 aliphatic heterocycles. The Morgan fingerprint density at radius 2 is 1.75 bits per heavy atom. The van der Waals surface area contributed by atoms with Gasteiger partial charge in [0.1, 0.15) is 5.75 Å². The first kappa shape index (κ1) is 15.0. The average Bonchev–Trinajstić information content (AvgIpc) is 2.43. The molecule has 4 heteroatoms. The second-order valence-corrected chi connectivity index (χ2v) is 5.52. The number of hydrogen-bond acceptors (Lipinski definition) is 2. The lowest BCUT2D eigenvalue weighted by Crippen LogP contribution is -2.09. The summed E-state index contributed by atoms with van der Waals surface area (Å²) in [6.45, 7) is 4.11. The van der Waals surface area contributed by atoms with Crippen LogP contribution >= 0.6 is 23.2 Å². The summed E-state index contributed by atoms with van der Waals surface area (Å²) in [5.74, 6) is 0.846. The zero-order valence-electron chi connectivity index (χ0n) is 11.7. The molecule has 2 rings (SSSR count). The van der Waals surface area contributed by atoms with Crippen molar-refractivity contribution in [2.75, 3.05) is 12.4 Å². The van der Waals surface area contributed by atoms with Gasteiger partial charge in [0.25, 0.3) is 0 Å². The van der Waals surface area contributed by atoms with Crippen molar-refractivity contribution in [1.29, 1.82) is 0 Å². The highest BCUT2D eigenvalue weighted by molar-refractivity contribution is 6.39. The van der Waals surface area contributed by atoms with Crippen molar-refractivity contribution in [3.8, 4) is 5.75 Å². The summed E-state index contributed by atoms with van der Waals surface area (Å²) < 4.78 is 5.41. The number of halogens is 2. The lowest BCUT2D eigenvalue weighted by atomic mass is 10.0. The summed E-state index contributed by atoms with van der Waals surface area (Å²) >= 11 is 12.4. The van der Waals surface area contributed by atoms with E-state index in [1.807, 2.05) is 30.3 Å². The molecule has 0 aliphatic carbocycles. The van der Waals surface area contributed by atoms with Crippen LogP contribution in [-0.4, -0.2) is 7.11 Å². The van der Waals surface area contributed by atoms with Crippen LogP contribution in [0.15, 0.2) is 36.4 Å². The van der Waals surface area contributed by atoms with Gasteiger partial charge in [-0.15, -0.1) is 0 Å². The van der Waals surface area contributed by atoms with Gasteiger partial charge in [-0.05, 0) is 32.0 Å². The van der Waals surface area contributed by atoms with Gasteiger partial charge in [-0.25, -0.2) is 0 Å². The molecule has 1 unspecified atom stereocenters. The van der Waals surface area contributed by atoms with Gasteiger partial charge in [0, 0.05) is 5.56 Å². The topological polar surface area (TPSA) is 21.3 Å². The highest BCUT2D eigenvalue weighted by atomic mass is 35.5. The minimum absolute atomic E-state index is 0.0299. The van der Waals surface area contributed by atoms with E-state index >= 15 is 0 Å². The van der Waals surface area contributed by atoms with Crippen molar-refractivity contribution in [2.45, 2.75) is 19.9 Å². The fourth-order valence-electron chi connectivity index (χ4n) is 2.12. The van der Waals surface area contributed by atoms with Crippen molar-refractivity contribution < 1.29 is 4.74 Å². The Morgan fingerprint density at radius 3 is 2.35 bits per heavy atom. The number of methoxy groups -OCH3 is 1. The predicted octanol–water partition coefficient (Wildman–Crippen LogP) is 5.48. The molecule has 0 bridgehead atoms. The van der Waals surface area contributed by atoms with Gasteiger partial charge in [-0.1, -0.05) is 47.0 Å². The highest BCUT2D eigenvalue weighted by Crippen LogP contribution is 2.35. The minimum atomic E-state index is 0.0299. The summed E-state index contributed by atoms with van der Waals surface area (Å²) in [4.78, 5) is 0. The quantitative estimate of drug-likeness (QED) is 0.807. The first-order chi connectivity index (χ1) is 9.52. The van der Waals surface area contributed by atoms with Crippen molar-refractivity contribution in [3.05, 3.63) is 57.6 Å². The average molecular weight is 310 g/mol. The minimum Gasteiger partial charge on any atom is -0.496 e. The fourth-order valence-corrected chi connectivity index (χ4v) is 2.63. The van der Waals surface area contributed by atoms with Crippen LogP contribution in [0.25, 0.3) is 0 Å². The Morgan fingerprint density at radius 1 is 1.10 bits per heavy atom. The maximum absolute atomic E-state index is 6.19. The Kier molecular flexibility index (Phi) is 4.79. The number of para-hydroxylation sites is 1. The molecule has 0 saturated heterocycles. The number of aryl methyl sites for hydroxylation is 1. The molecule has 106 valence electrons. The molecule has 0 heterocycles. The number of ether oxygens (including phenoxy) is 1. The molecule has 20 heavy (non-hydrogen) atoms. The molecule has 0 saturated carbocycles. The number of hydrogen-bond donors (Lipinski definition) is 1. The van der Waals surface area contributed by atoms with E-state index in [9.17, 15) is 0 Å². The summed E-state index contributed by atoms with van der Waals surface area (Å²) in [7, 11) is 1.67. The molecule has 1 N–H and O–H groups in total. The van der Waals surface area contributed by atoms with E-state index in [0.717, 1.165) is 17.0 Å². The molecule has 0 spiro atoms. The molecule has 1 atom stereocenters. The van der Waals surface area contributed by atoms with Crippen LogP contribution in [0.4, 0.5) is 5.69 Å². The first-order valence-corrected chi connectivity index (χ1v) is 7.13. The Hall–Kier alpha value is -1.38. The normalized spacial score (nSPS) is 12.1. The van der Waals surface area contributed by atoms with Gasteiger partial charge in [-0.2, -0.15) is 0 Å². The molecule has 0 radical (unpaired) electrons. The van der Waals surface area contributed by atoms with Gasteiger partial charge in [-0.3, -0.25) is 0 Å². The van der Waals surface area contributed by atoms with Crippen LogP contribution in [0.3, 0.4) is 0 Å². The maximum Gasteiger partial charge on any atom is 0.124 e. The zero-order valence-corrected chi connectivity index (χ0v) is 13.2.